The zero-order chi connectivity index (χ0) is 6.41. The number of hydrogen-bond acceptors (Lipinski definition) is 1. The fourth-order valence-electron chi connectivity index (χ4n) is 0.175. The number of amidine groups is 1. The molecule has 0 amide bonds. The Bertz CT molecular complexity index is 122. The highest BCUT2D eigenvalue weighted by Crippen LogP contribution is 1.81. The molecule has 0 aliphatic heterocycles. The van der Waals surface area contributed by atoms with Gasteiger partial charge in [-0.05, 0) is 22.0 Å². The summed E-state index contributed by atoms with van der Waals surface area (Å²) in [5.74, 6) is 0. The first-order valence-electron chi connectivity index (χ1n) is 2.03. The molecular weight excluding hydrogens is 168 g/mol. The van der Waals surface area contributed by atoms with Crippen molar-refractivity contribution in [3.63, 3.8) is 0 Å². The zero-order valence-electron chi connectivity index (χ0n) is 4.34. The maximum absolute atomic E-state index is 5.11. The lowest BCUT2D eigenvalue weighted by atomic mass is 10.6. The van der Waals surface area contributed by atoms with E-state index in [0.29, 0.717) is 4.74 Å². The lowest BCUT2D eigenvalue weighted by Crippen LogP contribution is -1.98. The number of hydrogen-bond donors (Lipinski definition) is 1. The van der Waals surface area contributed by atoms with Gasteiger partial charge < -0.3 is 5.73 Å². The van der Waals surface area contributed by atoms with Crippen LogP contribution in [0.25, 0.3) is 0 Å². The molecule has 2 nitrogen and oxygen atoms in total. The van der Waals surface area contributed by atoms with Crippen molar-refractivity contribution < 1.29 is 0 Å². The van der Waals surface area contributed by atoms with Gasteiger partial charge in [0.05, 0.1) is 0 Å². The number of rotatable bonds is 2. The van der Waals surface area contributed by atoms with Crippen LogP contribution in [0.5, 0.6) is 0 Å². The normalized spacial score (nSPS) is 12.4. The Morgan fingerprint density at radius 1 is 1.75 bits per heavy atom. The summed E-state index contributed by atoms with van der Waals surface area (Å²) in [6.45, 7) is 3.45. The molecule has 0 fully saturated rings. The Kier molecular flexibility index (Phi) is 4.26. The van der Waals surface area contributed by atoms with Gasteiger partial charge in [0.25, 0.3) is 0 Å². The summed E-state index contributed by atoms with van der Waals surface area (Å²) in [5, 5.41) is 0. The maximum Gasteiger partial charge on any atom is 0.167 e. The third kappa shape index (κ3) is 5.43. The molecule has 0 rings (SSSR count). The van der Waals surface area contributed by atoms with Crippen molar-refractivity contribution in [2.45, 2.75) is 0 Å². The van der Waals surface area contributed by atoms with Crippen molar-refractivity contribution in [2.24, 2.45) is 10.7 Å². The Labute approximate surface area is 56.9 Å². The van der Waals surface area contributed by atoms with Crippen LogP contribution >= 0.6 is 15.9 Å². The predicted octanol–water partition coefficient (Wildman–Crippen LogP) is 1.40. The molecule has 0 aliphatic rings. The second kappa shape index (κ2) is 4.59. The highest BCUT2D eigenvalue weighted by Gasteiger charge is 1.70. The molecule has 0 aromatic carbocycles. The second-order valence-electron chi connectivity index (χ2n) is 1.03. The molecule has 0 heterocycles. The first kappa shape index (κ1) is 7.43. The van der Waals surface area contributed by atoms with Crippen LogP contribution in [0.15, 0.2) is 29.9 Å². The number of allylic oxidation sites excluding steroid dienone is 2. The van der Waals surface area contributed by atoms with Gasteiger partial charge in [-0.15, -0.1) is 0 Å². The van der Waals surface area contributed by atoms with E-state index in [1.54, 1.807) is 18.4 Å². The fraction of sp³-hybridized carbons (Fsp3) is 0. The molecule has 0 aromatic heterocycles. The fourth-order valence-corrected chi connectivity index (χ4v) is 0.293. The van der Waals surface area contributed by atoms with Gasteiger partial charge in [-0.25, -0.2) is 4.99 Å². The third-order valence-electron chi connectivity index (χ3n) is 0.420. The predicted molar refractivity (Wildman–Crippen MR) is 39.9 cm³/mol. The largest absolute Gasteiger partial charge is 0.378 e. The quantitative estimate of drug-likeness (QED) is 0.293. The summed E-state index contributed by atoms with van der Waals surface area (Å²) in [7, 11) is 0. The summed E-state index contributed by atoms with van der Waals surface area (Å²) < 4.78 is 0.371. The molecular formula is C5H7BrN2. The molecule has 0 saturated heterocycles. The highest BCUT2D eigenvalue weighted by atomic mass is 79.9. The zero-order valence-corrected chi connectivity index (χ0v) is 5.93. The van der Waals surface area contributed by atoms with Crippen LogP contribution in [-0.4, -0.2) is 4.74 Å². The van der Waals surface area contributed by atoms with Crippen molar-refractivity contribution in [3.05, 3.63) is 24.9 Å². The molecule has 3 heteroatoms. The first-order valence-corrected chi connectivity index (χ1v) is 2.83. The number of nitrogens with zero attached hydrogens (tertiary/aromatic N) is 1. The standard InChI is InChI=1S/C5H7BrN2/c1-2-3-4-8-5(6)7/h2-4H,1H2,(H2,7,8)/b4-3-. The van der Waals surface area contributed by atoms with Gasteiger partial charge in [-0.3, -0.25) is 0 Å². The van der Waals surface area contributed by atoms with Crippen LogP contribution in [0, 0.1) is 0 Å². The van der Waals surface area contributed by atoms with Crippen LogP contribution in [0.1, 0.15) is 0 Å². The Balaban J connectivity index is 3.57. The van der Waals surface area contributed by atoms with E-state index in [4.69, 9.17) is 5.73 Å². The monoisotopic (exact) mass is 174 g/mol. The molecule has 0 aliphatic carbocycles. The second-order valence-corrected chi connectivity index (χ2v) is 1.84. The summed E-state index contributed by atoms with van der Waals surface area (Å²) in [5.41, 5.74) is 5.11. The van der Waals surface area contributed by atoms with E-state index in [1.165, 1.54) is 0 Å². The van der Waals surface area contributed by atoms with E-state index in [9.17, 15) is 0 Å². The van der Waals surface area contributed by atoms with Crippen molar-refractivity contribution in [2.75, 3.05) is 0 Å². The molecule has 0 atom stereocenters. The first-order chi connectivity index (χ1) is 3.77. The lowest BCUT2D eigenvalue weighted by molar-refractivity contribution is 1.55. The van der Waals surface area contributed by atoms with Crippen LogP contribution in [-0.2, 0) is 0 Å². The van der Waals surface area contributed by atoms with E-state index < -0.39 is 0 Å². The van der Waals surface area contributed by atoms with Crippen LogP contribution in [0.4, 0.5) is 0 Å². The van der Waals surface area contributed by atoms with Gasteiger partial charge >= 0.3 is 0 Å². The van der Waals surface area contributed by atoms with E-state index in [1.807, 2.05) is 0 Å². The van der Waals surface area contributed by atoms with Crippen molar-refractivity contribution in [1.29, 1.82) is 0 Å². The third-order valence-corrected chi connectivity index (χ3v) is 0.625. The summed E-state index contributed by atoms with van der Waals surface area (Å²) in [6.07, 6.45) is 4.87. The Hall–Kier alpha value is -0.570. The van der Waals surface area contributed by atoms with Crippen molar-refractivity contribution in [3.8, 4) is 0 Å². The molecule has 0 radical (unpaired) electrons. The van der Waals surface area contributed by atoms with E-state index in [0.717, 1.165) is 0 Å². The van der Waals surface area contributed by atoms with Crippen LogP contribution in [0.3, 0.4) is 0 Å². The molecule has 0 unspecified atom stereocenters. The Morgan fingerprint density at radius 3 is 2.75 bits per heavy atom. The number of aliphatic imine (C=N–C) groups is 1. The van der Waals surface area contributed by atoms with Crippen molar-refractivity contribution >= 4 is 20.7 Å². The maximum atomic E-state index is 5.11. The topological polar surface area (TPSA) is 38.4 Å². The van der Waals surface area contributed by atoms with Crippen LogP contribution in [0.2, 0.25) is 0 Å². The molecule has 0 aromatic rings. The van der Waals surface area contributed by atoms with Gasteiger partial charge in [-0.1, -0.05) is 12.7 Å². The smallest absolute Gasteiger partial charge is 0.167 e. The van der Waals surface area contributed by atoms with E-state index in [-0.39, 0.29) is 0 Å². The molecule has 0 saturated carbocycles. The summed E-state index contributed by atoms with van der Waals surface area (Å²) >= 11 is 2.95. The minimum absolute atomic E-state index is 0.371. The molecule has 8 heavy (non-hydrogen) atoms. The summed E-state index contributed by atoms with van der Waals surface area (Å²) in [6, 6.07) is 0. The summed E-state index contributed by atoms with van der Waals surface area (Å²) in [4.78, 5) is 3.67. The van der Waals surface area contributed by atoms with Gasteiger partial charge in [0, 0.05) is 6.20 Å². The SMILES string of the molecule is C=C/C=C\N=C(/N)Br. The minimum Gasteiger partial charge on any atom is -0.378 e. The molecule has 44 valence electrons. The van der Waals surface area contributed by atoms with Gasteiger partial charge in [-0.2, -0.15) is 0 Å². The lowest BCUT2D eigenvalue weighted by Gasteiger charge is -1.77. The van der Waals surface area contributed by atoms with Crippen molar-refractivity contribution in [1.82, 2.24) is 0 Å². The highest BCUT2D eigenvalue weighted by molar-refractivity contribution is 9.18. The van der Waals surface area contributed by atoms with Gasteiger partial charge in [0.2, 0.25) is 0 Å². The van der Waals surface area contributed by atoms with Gasteiger partial charge in [0.1, 0.15) is 0 Å². The molecule has 0 bridgehead atoms. The minimum atomic E-state index is 0.371. The molecule has 0 spiro atoms. The Morgan fingerprint density at radius 2 is 2.38 bits per heavy atom. The van der Waals surface area contributed by atoms with E-state index >= 15 is 0 Å². The van der Waals surface area contributed by atoms with Crippen LogP contribution < -0.4 is 5.73 Å². The average molecular weight is 175 g/mol. The number of halogens is 1. The number of nitrogens with two attached hydrogens (primary N) is 1. The van der Waals surface area contributed by atoms with E-state index in [2.05, 4.69) is 27.5 Å². The molecule has 2 N–H and O–H groups in total. The van der Waals surface area contributed by atoms with Gasteiger partial charge in [0.15, 0.2) is 4.74 Å². The average Bonchev–Trinajstić information content (AvgIpc) is 1.66.